The molecule has 0 aliphatic carbocycles. The van der Waals surface area contributed by atoms with Crippen LogP contribution in [0.1, 0.15) is 52.4 Å². The van der Waals surface area contributed by atoms with Crippen LogP contribution in [-0.4, -0.2) is 84.7 Å². The number of carbonyl (C=O) groups is 4. The van der Waals surface area contributed by atoms with Gasteiger partial charge in [0.2, 0.25) is 11.4 Å². The lowest BCUT2D eigenvalue weighted by Gasteiger charge is -2.49. The number of amides is 4. The van der Waals surface area contributed by atoms with Crippen LogP contribution >= 0.6 is 0 Å². The van der Waals surface area contributed by atoms with Crippen molar-refractivity contribution in [2.24, 2.45) is 0 Å². The largest absolute Gasteiger partial charge is 0.368 e. The Balaban J connectivity index is 1.63. The summed E-state index contributed by atoms with van der Waals surface area (Å²) in [6.07, 6.45) is 15.2. The van der Waals surface area contributed by atoms with Crippen LogP contribution in [0.4, 0.5) is 0 Å². The molecule has 0 aromatic rings. The van der Waals surface area contributed by atoms with Crippen molar-refractivity contribution < 1.29 is 38.3 Å². The van der Waals surface area contributed by atoms with Crippen LogP contribution in [0.2, 0.25) is 0 Å². The van der Waals surface area contributed by atoms with E-state index in [1.54, 1.807) is 13.8 Å². The van der Waals surface area contributed by atoms with Gasteiger partial charge < -0.3 is 20.1 Å². The zero-order chi connectivity index (χ0) is 29.2. The van der Waals surface area contributed by atoms with Gasteiger partial charge in [-0.15, -0.1) is 12.8 Å². The molecule has 2 N–H and O–H groups in total. The van der Waals surface area contributed by atoms with Crippen LogP contribution in [0.15, 0.2) is 23.3 Å². The zero-order valence-corrected chi connectivity index (χ0v) is 23.0. The molecule has 3 aliphatic heterocycles. The van der Waals surface area contributed by atoms with E-state index in [2.05, 4.69) is 22.5 Å². The molecule has 216 valence electrons. The fourth-order valence-corrected chi connectivity index (χ4v) is 4.41. The van der Waals surface area contributed by atoms with E-state index in [0.717, 1.165) is 21.3 Å². The molecule has 12 nitrogen and oxygen atoms in total. The molecule has 0 saturated carbocycles. The Labute approximate surface area is 234 Å². The van der Waals surface area contributed by atoms with Crippen molar-refractivity contribution in [3.05, 3.63) is 23.3 Å². The number of nitrogens with one attached hydrogen (secondary N) is 2. The van der Waals surface area contributed by atoms with E-state index in [0.29, 0.717) is 38.9 Å². The standard InChI is InChI=1S/C28H36N4O8/c1-5-15-37-17-9-21(3)19-23(33)31-13-7-11-27(39-31)25(35)30-28(26(36)29-27)12-8-14-32(40-28)24(34)20-22(4)10-18-38-16-6-2/h1-2,19-20H,7-18H2,3-4H3,(H,29,36)(H,30,35)/b21-19+,22-20+. The van der Waals surface area contributed by atoms with Gasteiger partial charge in [0.25, 0.3) is 23.6 Å². The molecule has 4 amide bonds. The maximum Gasteiger partial charge on any atom is 0.278 e. The van der Waals surface area contributed by atoms with Crippen LogP contribution in [0.25, 0.3) is 0 Å². The normalized spacial score (nSPS) is 25.3. The molecule has 12 heteroatoms. The highest BCUT2D eigenvalue weighted by Gasteiger charge is 2.59. The highest BCUT2D eigenvalue weighted by molar-refractivity contribution is 6.01. The van der Waals surface area contributed by atoms with Gasteiger partial charge in [0.05, 0.1) is 13.2 Å². The van der Waals surface area contributed by atoms with Crippen molar-refractivity contribution in [2.75, 3.05) is 39.5 Å². The van der Waals surface area contributed by atoms with Gasteiger partial charge in [0.1, 0.15) is 13.2 Å². The van der Waals surface area contributed by atoms with Gasteiger partial charge in [-0.05, 0) is 39.5 Å². The van der Waals surface area contributed by atoms with E-state index < -0.39 is 35.1 Å². The molecule has 3 rings (SSSR count). The topological polar surface area (TPSA) is 136 Å². The van der Waals surface area contributed by atoms with Crippen molar-refractivity contribution >= 4 is 23.6 Å². The smallest absolute Gasteiger partial charge is 0.278 e. The number of hydrogen-bond donors (Lipinski definition) is 2. The fraction of sp³-hybridized carbons (Fsp3) is 0.571. The number of nitrogens with zero attached hydrogens (tertiary/aromatic N) is 2. The highest BCUT2D eigenvalue weighted by atomic mass is 16.7. The molecular formula is C28H36N4O8. The number of ether oxygens (including phenoxy) is 2. The quantitative estimate of drug-likeness (QED) is 0.228. The molecule has 2 unspecified atom stereocenters. The third-order valence-electron chi connectivity index (χ3n) is 6.56. The first-order chi connectivity index (χ1) is 19.1. The van der Waals surface area contributed by atoms with Gasteiger partial charge >= 0.3 is 0 Å². The molecule has 3 saturated heterocycles. The van der Waals surface area contributed by atoms with Gasteiger partial charge in [-0.25, -0.2) is 19.8 Å². The number of hydrogen-bond acceptors (Lipinski definition) is 8. The predicted molar refractivity (Wildman–Crippen MR) is 142 cm³/mol. The summed E-state index contributed by atoms with van der Waals surface area (Å²) in [5, 5.41) is 7.38. The molecule has 0 bridgehead atoms. The third kappa shape index (κ3) is 7.71. The van der Waals surface area contributed by atoms with Crippen LogP contribution in [0, 0.1) is 24.7 Å². The van der Waals surface area contributed by atoms with Crippen molar-refractivity contribution in [1.82, 2.24) is 20.8 Å². The molecule has 2 spiro atoms. The second kappa shape index (κ2) is 14.1. The number of hydroxylamine groups is 4. The summed E-state index contributed by atoms with van der Waals surface area (Å²) in [5.41, 5.74) is -2.08. The van der Waals surface area contributed by atoms with Crippen LogP contribution < -0.4 is 10.6 Å². The minimum atomic E-state index is -1.78. The summed E-state index contributed by atoms with van der Waals surface area (Å²) in [5.74, 6) is 2.48. The van der Waals surface area contributed by atoms with Crippen molar-refractivity contribution in [1.29, 1.82) is 0 Å². The van der Waals surface area contributed by atoms with E-state index >= 15 is 0 Å². The van der Waals surface area contributed by atoms with Crippen molar-refractivity contribution in [2.45, 2.75) is 63.8 Å². The monoisotopic (exact) mass is 556 g/mol. The number of carbonyl (C=O) groups excluding carboxylic acids is 4. The van der Waals surface area contributed by atoms with E-state index in [-0.39, 0.29) is 39.1 Å². The molecule has 3 fully saturated rings. The van der Waals surface area contributed by atoms with Crippen molar-refractivity contribution in [3.63, 3.8) is 0 Å². The summed E-state index contributed by atoms with van der Waals surface area (Å²) < 4.78 is 10.5. The fourth-order valence-electron chi connectivity index (χ4n) is 4.41. The first-order valence-corrected chi connectivity index (χ1v) is 13.2. The Kier molecular flexibility index (Phi) is 10.9. The summed E-state index contributed by atoms with van der Waals surface area (Å²) in [6.45, 7) is 5.12. The average molecular weight is 557 g/mol. The van der Waals surface area contributed by atoms with Gasteiger partial charge in [-0.1, -0.05) is 23.0 Å². The Morgan fingerprint density at radius 3 is 1.62 bits per heavy atom. The SMILES string of the molecule is C#CCOCC/C(C)=C/C(=O)N1CCCC2(NC(=O)C3(CCCN(C(=O)/C=C(\C)CCOCC#C)O3)NC2=O)O1. The molecule has 0 radical (unpaired) electrons. The van der Waals surface area contributed by atoms with Crippen molar-refractivity contribution in [3.8, 4) is 24.7 Å². The average Bonchev–Trinajstić information content (AvgIpc) is 2.93. The molecular weight excluding hydrogens is 520 g/mol. The van der Waals surface area contributed by atoms with E-state index in [1.165, 1.54) is 12.2 Å². The number of piperazine rings is 1. The maximum atomic E-state index is 13.3. The predicted octanol–water partition coefficient (Wildman–Crippen LogP) is 0.705. The molecule has 40 heavy (non-hydrogen) atoms. The molecule has 3 heterocycles. The zero-order valence-electron chi connectivity index (χ0n) is 23.0. The molecule has 3 aliphatic rings. The van der Waals surface area contributed by atoms with Gasteiger partial charge in [0, 0.05) is 38.1 Å². The van der Waals surface area contributed by atoms with E-state index in [9.17, 15) is 19.2 Å². The molecule has 0 aromatic heterocycles. The number of rotatable bonds is 10. The first-order valence-electron chi connectivity index (χ1n) is 13.2. The molecule has 2 atom stereocenters. The van der Waals surface area contributed by atoms with Gasteiger partial charge in [0.15, 0.2) is 0 Å². The molecule has 0 aromatic carbocycles. The maximum absolute atomic E-state index is 13.3. The Bertz CT molecular complexity index is 1050. The lowest BCUT2D eigenvalue weighted by Crippen LogP contribution is -2.79. The second-order valence-electron chi connectivity index (χ2n) is 9.83. The van der Waals surface area contributed by atoms with E-state index in [4.69, 9.17) is 32.0 Å². The van der Waals surface area contributed by atoms with Gasteiger partial charge in [-0.3, -0.25) is 19.2 Å². The van der Waals surface area contributed by atoms with E-state index in [1.807, 2.05) is 0 Å². The summed E-state index contributed by atoms with van der Waals surface area (Å²) in [6, 6.07) is 0. The summed E-state index contributed by atoms with van der Waals surface area (Å²) >= 11 is 0. The Morgan fingerprint density at radius 1 is 0.850 bits per heavy atom. The lowest BCUT2D eigenvalue weighted by molar-refractivity contribution is -0.290. The minimum Gasteiger partial charge on any atom is -0.368 e. The Hall–Kier alpha value is -3.68. The summed E-state index contributed by atoms with van der Waals surface area (Å²) in [4.78, 5) is 63.9. The number of terminal acetylenes is 2. The Morgan fingerprint density at radius 2 is 1.25 bits per heavy atom. The highest BCUT2D eigenvalue weighted by Crippen LogP contribution is 2.33. The van der Waals surface area contributed by atoms with Gasteiger partial charge in [-0.2, -0.15) is 0 Å². The third-order valence-corrected chi connectivity index (χ3v) is 6.56. The minimum absolute atomic E-state index is 0.152. The summed E-state index contributed by atoms with van der Waals surface area (Å²) in [7, 11) is 0. The van der Waals surface area contributed by atoms with Crippen LogP contribution in [0.3, 0.4) is 0 Å². The van der Waals surface area contributed by atoms with Crippen LogP contribution in [-0.2, 0) is 38.3 Å². The first kappa shape index (κ1) is 30.9. The second-order valence-corrected chi connectivity index (χ2v) is 9.83. The van der Waals surface area contributed by atoms with Crippen LogP contribution in [0.5, 0.6) is 0 Å². The lowest BCUT2D eigenvalue weighted by atomic mass is 9.95.